The SMILES string of the molecule is CC[SiH](CC)c1ccccc1. The predicted octanol–water partition coefficient (Wildman–Crippen LogP) is 2.16. The lowest BCUT2D eigenvalue weighted by Gasteiger charge is -2.09. The number of rotatable bonds is 3. The Morgan fingerprint density at radius 1 is 1.00 bits per heavy atom. The van der Waals surface area contributed by atoms with Crippen LogP contribution in [0.2, 0.25) is 12.1 Å². The maximum absolute atomic E-state index is 2.31. The Morgan fingerprint density at radius 3 is 2.00 bits per heavy atom. The normalized spacial score (nSPS) is 10.5. The lowest BCUT2D eigenvalue weighted by Crippen LogP contribution is -2.27. The molecule has 0 spiro atoms. The van der Waals surface area contributed by atoms with E-state index < -0.39 is 8.80 Å². The van der Waals surface area contributed by atoms with E-state index in [0.29, 0.717) is 0 Å². The molecule has 1 rings (SSSR count). The molecular weight excluding hydrogens is 148 g/mol. The monoisotopic (exact) mass is 164 g/mol. The van der Waals surface area contributed by atoms with Crippen LogP contribution in [0.15, 0.2) is 30.3 Å². The smallest absolute Gasteiger partial charge is 0.0677 e. The highest BCUT2D eigenvalue weighted by atomic mass is 28.3. The molecule has 0 aliphatic carbocycles. The highest BCUT2D eigenvalue weighted by Gasteiger charge is 2.06. The maximum Gasteiger partial charge on any atom is 0.0702 e. The number of hydrogen-bond donors (Lipinski definition) is 0. The van der Waals surface area contributed by atoms with E-state index in [-0.39, 0.29) is 0 Å². The summed E-state index contributed by atoms with van der Waals surface area (Å²) in [6.45, 7) is 4.63. The van der Waals surface area contributed by atoms with Crippen LogP contribution in [0.25, 0.3) is 0 Å². The first-order valence-electron chi connectivity index (χ1n) is 4.43. The molecule has 1 heteroatoms. The highest BCUT2D eigenvalue weighted by molar-refractivity contribution is 6.73. The second-order valence-corrected chi connectivity index (χ2v) is 6.62. The van der Waals surface area contributed by atoms with Crippen molar-refractivity contribution < 1.29 is 0 Å². The molecule has 0 radical (unpaired) electrons. The van der Waals surface area contributed by atoms with Gasteiger partial charge in [0.05, 0.1) is 8.80 Å². The topological polar surface area (TPSA) is 0 Å². The summed E-state index contributed by atoms with van der Waals surface area (Å²) in [7, 11) is -0.550. The molecule has 0 aromatic heterocycles. The standard InChI is InChI=1S/C10H16Si/c1-3-11(4-2)10-8-6-5-7-9-10/h5-9,11H,3-4H2,1-2H3. The maximum atomic E-state index is 2.31. The third-order valence-electron chi connectivity index (χ3n) is 2.26. The molecule has 0 nitrogen and oxygen atoms in total. The van der Waals surface area contributed by atoms with E-state index in [1.165, 1.54) is 12.1 Å². The van der Waals surface area contributed by atoms with Gasteiger partial charge in [0.1, 0.15) is 0 Å². The lowest BCUT2D eigenvalue weighted by molar-refractivity contribution is 1.33. The van der Waals surface area contributed by atoms with Gasteiger partial charge in [0.15, 0.2) is 0 Å². The van der Waals surface area contributed by atoms with Crippen molar-refractivity contribution in [1.82, 2.24) is 0 Å². The van der Waals surface area contributed by atoms with Crippen LogP contribution in [0, 0.1) is 0 Å². The molecule has 0 aliphatic rings. The predicted molar refractivity (Wildman–Crippen MR) is 54.2 cm³/mol. The lowest BCUT2D eigenvalue weighted by atomic mass is 10.4. The molecule has 0 aliphatic heterocycles. The van der Waals surface area contributed by atoms with Crippen LogP contribution < -0.4 is 5.19 Å². The average Bonchev–Trinajstić information content (AvgIpc) is 2.09. The minimum absolute atomic E-state index is 0.550. The van der Waals surface area contributed by atoms with Crippen LogP contribution in [0.3, 0.4) is 0 Å². The van der Waals surface area contributed by atoms with Crippen LogP contribution in [-0.4, -0.2) is 8.80 Å². The summed E-state index contributed by atoms with van der Waals surface area (Å²) >= 11 is 0. The van der Waals surface area contributed by atoms with Gasteiger partial charge in [-0.3, -0.25) is 0 Å². The van der Waals surface area contributed by atoms with E-state index in [1.807, 2.05) is 0 Å². The van der Waals surface area contributed by atoms with E-state index >= 15 is 0 Å². The zero-order chi connectivity index (χ0) is 8.10. The minimum Gasteiger partial charge on any atom is -0.0677 e. The zero-order valence-corrected chi connectivity index (χ0v) is 8.53. The van der Waals surface area contributed by atoms with Crippen molar-refractivity contribution in [2.75, 3.05) is 0 Å². The molecule has 60 valence electrons. The molecular formula is C10H16Si. The number of benzene rings is 1. The highest BCUT2D eigenvalue weighted by Crippen LogP contribution is 1.98. The summed E-state index contributed by atoms with van der Waals surface area (Å²) in [5.41, 5.74) is 0. The van der Waals surface area contributed by atoms with Crippen molar-refractivity contribution in [3.05, 3.63) is 30.3 Å². The van der Waals surface area contributed by atoms with Gasteiger partial charge in [0.2, 0.25) is 0 Å². The molecule has 0 unspecified atom stereocenters. The summed E-state index contributed by atoms with van der Waals surface area (Å²) in [5.74, 6) is 0. The van der Waals surface area contributed by atoms with Gasteiger partial charge >= 0.3 is 0 Å². The molecule has 0 fully saturated rings. The minimum atomic E-state index is -0.550. The summed E-state index contributed by atoms with van der Waals surface area (Å²) in [6.07, 6.45) is 0. The summed E-state index contributed by atoms with van der Waals surface area (Å²) in [4.78, 5) is 0. The Balaban J connectivity index is 2.74. The molecule has 1 aromatic rings. The van der Waals surface area contributed by atoms with Gasteiger partial charge in [-0.15, -0.1) is 0 Å². The first-order valence-corrected chi connectivity index (χ1v) is 6.64. The van der Waals surface area contributed by atoms with Crippen LogP contribution in [0.1, 0.15) is 13.8 Å². The molecule has 11 heavy (non-hydrogen) atoms. The Morgan fingerprint density at radius 2 is 1.55 bits per heavy atom. The van der Waals surface area contributed by atoms with E-state index in [4.69, 9.17) is 0 Å². The molecule has 0 N–H and O–H groups in total. The van der Waals surface area contributed by atoms with Crippen molar-refractivity contribution in [2.45, 2.75) is 25.9 Å². The second kappa shape index (κ2) is 4.34. The third kappa shape index (κ3) is 2.19. The van der Waals surface area contributed by atoms with Crippen molar-refractivity contribution in [3.63, 3.8) is 0 Å². The number of hydrogen-bond acceptors (Lipinski definition) is 0. The third-order valence-corrected chi connectivity index (χ3v) is 5.56. The fourth-order valence-electron chi connectivity index (χ4n) is 1.49. The van der Waals surface area contributed by atoms with Gasteiger partial charge in [-0.1, -0.05) is 61.5 Å². The summed E-state index contributed by atoms with van der Waals surface area (Å²) < 4.78 is 0. The van der Waals surface area contributed by atoms with Crippen LogP contribution in [0.4, 0.5) is 0 Å². The van der Waals surface area contributed by atoms with Gasteiger partial charge in [0.25, 0.3) is 0 Å². The van der Waals surface area contributed by atoms with Gasteiger partial charge in [0, 0.05) is 0 Å². The van der Waals surface area contributed by atoms with E-state index in [1.54, 1.807) is 5.19 Å². The van der Waals surface area contributed by atoms with E-state index in [9.17, 15) is 0 Å². The second-order valence-electron chi connectivity index (χ2n) is 2.92. The van der Waals surface area contributed by atoms with E-state index in [2.05, 4.69) is 44.2 Å². The van der Waals surface area contributed by atoms with Crippen molar-refractivity contribution in [3.8, 4) is 0 Å². The van der Waals surface area contributed by atoms with Crippen molar-refractivity contribution >= 4 is 14.0 Å². The molecule has 0 bridgehead atoms. The van der Waals surface area contributed by atoms with Crippen molar-refractivity contribution in [1.29, 1.82) is 0 Å². The van der Waals surface area contributed by atoms with E-state index in [0.717, 1.165) is 0 Å². The van der Waals surface area contributed by atoms with Crippen LogP contribution in [0.5, 0.6) is 0 Å². The van der Waals surface area contributed by atoms with Gasteiger partial charge in [-0.05, 0) is 0 Å². The molecule has 1 aromatic carbocycles. The Bertz CT molecular complexity index is 189. The van der Waals surface area contributed by atoms with Gasteiger partial charge in [-0.25, -0.2) is 0 Å². The molecule has 0 atom stereocenters. The Hall–Kier alpha value is -0.563. The Kier molecular flexibility index (Phi) is 3.37. The fourth-order valence-corrected chi connectivity index (χ4v) is 3.77. The van der Waals surface area contributed by atoms with Gasteiger partial charge in [-0.2, -0.15) is 0 Å². The summed E-state index contributed by atoms with van der Waals surface area (Å²) in [6, 6.07) is 13.7. The summed E-state index contributed by atoms with van der Waals surface area (Å²) in [5, 5.41) is 1.62. The zero-order valence-electron chi connectivity index (χ0n) is 7.38. The first-order chi connectivity index (χ1) is 5.38. The van der Waals surface area contributed by atoms with Crippen molar-refractivity contribution in [2.24, 2.45) is 0 Å². The largest absolute Gasteiger partial charge is 0.0702 e. The first kappa shape index (κ1) is 8.53. The quantitative estimate of drug-likeness (QED) is 0.601. The fraction of sp³-hybridized carbons (Fsp3) is 0.400. The van der Waals surface area contributed by atoms with Gasteiger partial charge < -0.3 is 0 Å². The molecule has 0 amide bonds. The Labute approximate surface area is 70.9 Å². The average molecular weight is 164 g/mol. The molecule has 0 heterocycles. The van der Waals surface area contributed by atoms with Crippen LogP contribution >= 0.6 is 0 Å². The molecule has 0 saturated carbocycles. The van der Waals surface area contributed by atoms with Crippen LogP contribution in [-0.2, 0) is 0 Å². The molecule has 0 saturated heterocycles.